The number of carbonyl (C=O) groups excluding carboxylic acids is 2. The third kappa shape index (κ3) is 5.32. The van der Waals surface area contributed by atoms with E-state index in [1.54, 1.807) is 4.90 Å². The second-order valence-corrected chi connectivity index (χ2v) is 10.9. The first kappa shape index (κ1) is 26.0. The van der Waals surface area contributed by atoms with Crippen molar-refractivity contribution in [2.75, 3.05) is 24.7 Å². The number of ether oxygens (including phenoxy) is 1. The summed E-state index contributed by atoms with van der Waals surface area (Å²) in [7, 11) is 0. The fraction of sp³-hybridized carbons (Fsp3) is 0.375. The smallest absolute Gasteiger partial charge is 0.334 e. The lowest BCUT2D eigenvalue weighted by Gasteiger charge is -2.40. The molecule has 2 aliphatic rings. The van der Waals surface area contributed by atoms with Gasteiger partial charge >= 0.3 is 5.97 Å². The number of para-hydroxylation sites is 1. The summed E-state index contributed by atoms with van der Waals surface area (Å²) >= 11 is 0. The molecule has 3 aromatic carbocycles. The second kappa shape index (κ2) is 11.0. The van der Waals surface area contributed by atoms with Crippen LogP contribution in [-0.4, -0.2) is 47.7 Å². The van der Waals surface area contributed by atoms with Crippen molar-refractivity contribution in [3.05, 3.63) is 102 Å². The molecule has 3 aromatic rings. The molecular weight excluding hydrogens is 474 g/mol. The highest BCUT2D eigenvalue weighted by Crippen LogP contribution is 2.42. The molecule has 2 fully saturated rings. The molecule has 0 aliphatic carbocycles. The Balaban J connectivity index is 1.44. The van der Waals surface area contributed by atoms with Crippen LogP contribution in [0.25, 0.3) is 0 Å². The zero-order chi connectivity index (χ0) is 26.6. The number of hydrogen-bond donors (Lipinski definition) is 1. The van der Waals surface area contributed by atoms with Gasteiger partial charge in [-0.25, -0.2) is 4.79 Å². The van der Waals surface area contributed by atoms with E-state index in [4.69, 9.17) is 4.74 Å². The van der Waals surface area contributed by atoms with Gasteiger partial charge in [0.15, 0.2) is 6.04 Å². The van der Waals surface area contributed by atoms with Gasteiger partial charge in [0.05, 0.1) is 6.67 Å². The number of anilines is 1. The van der Waals surface area contributed by atoms with Crippen molar-refractivity contribution in [3.63, 3.8) is 0 Å². The van der Waals surface area contributed by atoms with E-state index in [0.717, 1.165) is 30.8 Å². The maximum absolute atomic E-state index is 14.3. The molecule has 198 valence electrons. The lowest BCUT2D eigenvalue weighted by Crippen LogP contribution is -2.56. The van der Waals surface area contributed by atoms with Crippen molar-refractivity contribution < 1.29 is 14.3 Å². The van der Waals surface area contributed by atoms with E-state index in [1.165, 1.54) is 5.56 Å². The quantitative estimate of drug-likeness (QED) is 0.426. The average molecular weight is 512 g/mol. The van der Waals surface area contributed by atoms with E-state index in [-0.39, 0.29) is 11.9 Å². The fourth-order valence-electron chi connectivity index (χ4n) is 5.74. The molecule has 0 unspecified atom stereocenters. The van der Waals surface area contributed by atoms with Gasteiger partial charge in [0.2, 0.25) is 0 Å². The van der Waals surface area contributed by atoms with Crippen LogP contribution in [0.4, 0.5) is 5.69 Å². The summed E-state index contributed by atoms with van der Waals surface area (Å²) in [5.74, 6) is -0.391. The standard InChI is InChI=1S/C32H37N3O3/c1-31(2,19-18-25-12-6-3-7-13-25)38-29(36)28(26-14-8-4-9-15-26)34-24-35(27-16-10-5-11-17-27)32(30(34)37)20-22-33-23-21-32/h3-17,28,33H,18-24H2,1-2H3/t28-/m1/s1. The van der Waals surface area contributed by atoms with Crippen LogP contribution in [0, 0.1) is 0 Å². The van der Waals surface area contributed by atoms with E-state index >= 15 is 0 Å². The van der Waals surface area contributed by atoms with Crippen LogP contribution in [0.2, 0.25) is 0 Å². The predicted molar refractivity (Wildman–Crippen MR) is 150 cm³/mol. The number of esters is 1. The van der Waals surface area contributed by atoms with Crippen LogP contribution < -0.4 is 10.2 Å². The number of benzene rings is 3. The SMILES string of the molecule is CC(C)(CCc1ccccc1)OC(=O)[C@@H](c1ccccc1)N1CN(c2ccccc2)C2(CCNCC2)C1=O. The van der Waals surface area contributed by atoms with Crippen LogP contribution in [0.15, 0.2) is 91.0 Å². The summed E-state index contributed by atoms with van der Waals surface area (Å²) in [6.07, 6.45) is 2.87. The summed E-state index contributed by atoms with van der Waals surface area (Å²) in [5, 5.41) is 3.40. The lowest BCUT2D eigenvalue weighted by molar-refractivity contribution is -0.166. The van der Waals surface area contributed by atoms with Crippen molar-refractivity contribution in [1.82, 2.24) is 10.2 Å². The minimum absolute atomic E-state index is 0.00394. The minimum Gasteiger partial charge on any atom is -0.458 e. The van der Waals surface area contributed by atoms with Crippen molar-refractivity contribution in [3.8, 4) is 0 Å². The fourth-order valence-corrected chi connectivity index (χ4v) is 5.74. The zero-order valence-corrected chi connectivity index (χ0v) is 22.3. The Bertz CT molecular complexity index is 1220. The van der Waals surface area contributed by atoms with Gasteiger partial charge in [0.1, 0.15) is 11.1 Å². The summed E-state index contributed by atoms with van der Waals surface area (Å²) < 4.78 is 6.19. The van der Waals surface area contributed by atoms with E-state index in [9.17, 15) is 9.59 Å². The Morgan fingerprint density at radius 1 is 0.921 bits per heavy atom. The average Bonchev–Trinajstić information content (AvgIpc) is 3.20. The molecule has 2 saturated heterocycles. The number of aryl methyl sites for hydroxylation is 1. The first-order chi connectivity index (χ1) is 18.4. The molecule has 0 bridgehead atoms. The van der Waals surface area contributed by atoms with Gasteiger partial charge in [-0.05, 0) is 75.9 Å². The lowest BCUT2D eigenvalue weighted by atomic mass is 9.86. The minimum atomic E-state index is -0.819. The Morgan fingerprint density at radius 2 is 1.50 bits per heavy atom. The van der Waals surface area contributed by atoms with Gasteiger partial charge in [0, 0.05) is 5.69 Å². The molecule has 6 nitrogen and oxygen atoms in total. The van der Waals surface area contributed by atoms with E-state index < -0.39 is 17.2 Å². The van der Waals surface area contributed by atoms with E-state index in [2.05, 4.69) is 22.3 Å². The van der Waals surface area contributed by atoms with Crippen LogP contribution in [-0.2, 0) is 20.7 Å². The molecule has 6 heteroatoms. The predicted octanol–water partition coefficient (Wildman–Crippen LogP) is 5.11. The molecule has 5 rings (SSSR count). The molecule has 0 aromatic heterocycles. The number of nitrogens with zero attached hydrogens (tertiary/aromatic N) is 2. The number of rotatable bonds is 8. The van der Waals surface area contributed by atoms with E-state index in [0.29, 0.717) is 25.9 Å². The maximum Gasteiger partial charge on any atom is 0.334 e. The van der Waals surface area contributed by atoms with Crippen molar-refractivity contribution in [1.29, 1.82) is 0 Å². The van der Waals surface area contributed by atoms with Crippen LogP contribution in [0.3, 0.4) is 0 Å². The molecular formula is C32H37N3O3. The van der Waals surface area contributed by atoms with E-state index in [1.807, 2.05) is 92.7 Å². The normalized spacial score (nSPS) is 18.0. The van der Waals surface area contributed by atoms with Gasteiger partial charge in [-0.1, -0.05) is 78.9 Å². The molecule has 2 heterocycles. The molecule has 0 saturated carbocycles. The second-order valence-electron chi connectivity index (χ2n) is 10.9. The number of piperidine rings is 1. The summed E-state index contributed by atoms with van der Waals surface area (Å²) in [4.78, 5) is 32.2. The van der Waals surface area contributed by atoms with Crippen LogP contribution >= 0.6 is 0 Å². The molecule has 1 spiro atoms. The van der Waals surface area contributed by atoms with Gasteiger partial charge in [0.25, 0.3) is 5.91 Å². The summed E-state index contributed by atoms with van der Waals surface area (Å²) in [6.45, 7) is 5.76. The monoisotopic (exact) mass is 511 g/mol. The number of hydrogen-bond acceptors (Lipinski definition) is 5. The van der Waals surface area contributed by atoms with Crippen LogP contribution in [0.1, 0.15) is 50.3 Å². The van der Waals surface area contributed by atoms with Gasteiger partial charge in [-0.15, -0.1) is 0 Å². The molecule has 38 heavy (non-hydrogen) atoms. The Hall–Kier alpha value is -3.64. The molecule has 1 amide bonds. The highest BCUT2D eigenvalue weighted by Gasteiger charge is 2.55. The topological polar surface area (TPSA) is 61.9 Å². The number of amides is 1. The Morgan fingerprint density at radius 3 is 2.13 bits per heavy atom. The first-order valence-electron chi connectivity index (χ1n) is 13.6. The van der Waals surface area contributed by atoms with Gasteiger partial charge < -0.3 is 19.9 Å². The summed E-state index contributed by atoms with van der Waals surface area (Å²) in [5.41, 5.74) is 1.60. The molecule has 0 radical (unpaired) electrons. The summed E-state index contributed by atoms with van der Waals surface area (Å²) in [6, 6.07) is 29.0. The maximum atomic E-state index is 14.3. The number of nitrogens with one attached hydrogen (secondary N) is 1. The van der Waals surface area contributed by atoms with Crippen molar-refractivity contribution >= 4 is 17.6 Å². The Kier molecular flexibility index (Phi) is 7.52. The molecule has 1 atom stereocenters. The third-order valence-corrected chi connectivity index (χ3v) is 7.85. The van der Waals surface area contributed by atoms with Crippen molar-refractivity contribution in [2.24, 2.45) is 0 Å². The highest BCUT2D eigenvalue weighted by atomic mass is 16.6. The van der Waals surface area contributed by atoms with Gasteiger partial charge in [-0.3, -0.25) is 4.79 Å². The van der Waals surface area contributed by atoms with Gasteiger partial charge in [-0.2, -0.15) is 0 Å². The zero-order valence-electron chi connectivity index (χ0n) is 22.3. The Labute approximate surface area is 225 Å². The molecule has 1 N–H and O–H groups in total. The number of carbonyl (C=O) groups is 2. The third-order valence-electron chi connectivity index (χ3n) is 7.85. The highest BCUT2D eigenvalue weighted by molar-refractivity contribution is 5.97. The largest absolute Gasteiger partial charge is 0.458 e. The molecule has 2 aliphatic heterocycles. The first-order valence-corrected chi connectivity index (χ1v) is 13.6. The van der Waals surface area contributed by atoms with Crippen molar-refractivity contribution in [2.45, 2.75) is 56.7 Å². The van der Waals surface area contributed by atoms with Crippen LogP contribution in [0.5, 0.6) is 0 Å².